The fourth-order valence-electron chi connectivity index (χ4n) is 1.91. The third-order valence-corrected chi connectivity index (χ3v) is 3.06. The van der Waals surface area contributed by atoms with E-state index in [4.69, 9.17) is 0 Å². The highest BCUT2D eigenvalue weighted by atomic mass is 19.4. The first kappa shape index (κ1) is 14.8. The number of aliphatic hydroxyl groups is 1. The maximum Gasteiger partial charge on any atom is 0.573 e. The Balaban J connectivity index is 3.08. The van der Waals surface area contributed by atoms with Crippen LogP contribution in [0, 0.1) is 5.92 Å². The maximum absolute atomic E-state index is 12.1. The van der Waals surface area contributed by atoms with Crippen LogP contribution in [0.4, 0.5) is 13.2 Å². The minimum absolute atomic E-state index is 0.108. The van der Waals surface area contributed by atoms with Crippen LogP contribution in [0.2, 0.25) is 0 Å². The molecule has 0 fully saturated rings. The van der Waals surface area contributed by atoms with Crippen LogP contribution in [0.25, 0.3) is 0 Å². The Bertz CT molecular complexity index is 401. The Morgan fingerprint density at radius 3 is 2.33 bits per heavy atom. The predicted octanol–water partition coefficient (Wildman–Crippen LogP) is 3.84. The summed E-state index contributed by atoms with van der Waals surface area (Å²) in [7, 11) is 0. The van der Waals surface area contributed by atoms with E-state index >= 15 is 0 Å². The lowest BCUT2D eigenvalue weighted by atomic mass is 9.81. The van der Waals surface area contributed by atoms with Crippen molar-refractivity contribution in [3.05, 3.63) is 29.8 Å². The molecule has 0 aliphatic carbocycles. The molecule has 18 heavy (non-hydrogen) atoms. The molecule has 0 saturated carbocycles. The summed E-state index contributed by atoms with van der Waals surface area (Å²) in [6.45, 7) is 5.43. The number of benzene rings is 1. The molecule has 0 aliphatic heterocycles. The first-order valence-corrected chi connectivity index (χ1v) is 5.77. The largest absolute Gasteiger partial charge is 0.573 e. The maximum atomic E-state index is 12.1. The van der Waals surface area contributed by atoms with E-state index in [9.17, 15) is 18.3 Å². The lowest BCUT2D eigenvalue weighted by Gasteiger charge is -2.32. The van der Waals surface area contributed by atoms with Crippen LogP contribution in [0.3, 0.4) is 0 Å². The highest BCUT2D eigenvalue weighted by molar-refractivity contribution is 5.32. The van der Waals surface area contributed by atoms with E-state index in [1.54, 1.807) is 13.0 Å². The molecule has 1 atom stereocenters. The van der Waals surface area contributed by atoms with Crippen LogP contribution < -0.4 is 4.74 Å². The van der Waals surface area contributed by atoms with Crippen molar-refractivity contribution in [2.75, 3.05) is 0 Å². The predicted molar refractivity (Wildman–Crippen MR) is 62.2 cm³/mol. The van der Waals surface area contributed by atoms with Crippen molar-refractivity contribution in [2.24, 2.45) is 5.92 Å². The van der Waals surface area contributed by atoms with E-state index in [0.717, 1.165) is 0 Å². The van der Waals surface area contributed by atoms with Gasteiger partial charge < -0.3 is 9.84 Å². The zero-order chi connectivity index (χ0) is 14.0. The van der Waals surface area contributed by atoms with Crippen molar-refractivity contribution < 1.29 is 23.0 Å². The molecule has 1 N–H and O–H groups in total. The topological polar surface area (TPSA) is 29.5 Å². The highest BCUT2D eigenvalue weighted by Crippen LogP contribution is 2.35. The van der Waals surface area contributed by atoms with Crippen LogP contribution in [0.1, 0.15) is 32.8 Å². The zero-order valence-electron chi connectivity index (χ0n) is 10.6. The van der Waals surface area contributed by atoms with Crippen LogP contribution in [-0.4, -0.2) is 11.5 Å². The Kier molecular flexibility index (Phi) is 4.27. The molecule has 0 aromatic heterocycles. The SMILES string of the molecule is CCC(O)(c1cccc(OC(F)(F)F)c1)C(C)C. The zero-order valence-corrected chi connectivity index (χ0v) is 10.6. The molecule has 0 saturated heterocycles. The van der Waals surface area contributed by atoms with Gasteiger partial charge in [0.15, 0.2) is 0 Å². The molecular weight excluding hydrogens is 245 g/mol. The first-order valence-electron chi connectivity index (χ1n) is 5.77. The molecule has 1 unspecified atom stereocenters. The van der Waals surface area contributed by atoms with Crippen LogP contribution >= 0.6 is 0 Å². The minimum atomic E-state index is -4.72. The molecule has 0 amide bonds. The molecule has 0 heterocycles. The summed E-state index contributed by atoms with van der Waals surface area (Å²) in [6, 6.07) is 5.50. The van der Waals surface area contributed by atoms with Gasteiger partial charge in [-0.25, -0.2) is 0 Å². The monoisotopic (exact) mass is 262 g/mol. The Labute approximate surface area is 104 Å². The molecule has 5 heteroatoms. The summed E-state index contributed by atoms with van der Waals surface area (Å²) >= 11 is 0. The summed E-state index contributed by atoms with van der Waals surface area (Å²) in [4.78, 5) is 0. The molecule has 0 radical (unpaired) electrons. The van der Waals surface area contributed by atoms with Gasteiger partial charge in [0.25, 0.3) is 0 Å². The average Bonchev–Trinajstić information content (AvgIpc) is 2.25. The fraction of sp³-hybridized carbons (Fsp3) is 0.538. The molecule has 1 aromatic carbocycles. The van der Waals surface area contributed by atoms with Gasteiger partial charge in [-0.3, -0.25) is 0 Å². The van der Waals surface area contributed by atoms with E-state index in [1.165, 1.54) is 18.2 Å². The van der Waals surface area contributed by atoms with Gasteiger partial charge in [0.2, 0.25) is 0 Å². The third kappa shape index (κ3) is 3.38. The fourth-order valence-corrected chi connectivity index (χ4v) is 1.91. The summed E-state index contributed by atoms with van der Waals surface area (Å²) < 4.78 is 40.2. The molecule has 1 rings (SSSR count). The van der Waals surface area contributed by atoms with Crippen molar-refractivity contribution >= 4 is 0 Å². The average molecular weight is 262 g/mol. The van der Waals surface area contributed by atoms with Crippen molar-refractivity contribution in [2.45, 2.75) is 39.2 Å². The van der Waals surface area contributed by atoms with Crippen molar-refractivity contribution in [3.63, 3.8) is 0 Å². The van der Waals surface area contributed by atoms with Gasteiger partial charge in [-0.15, -0.1) is 13.2 Å². The summed E-state index contributed by atoms with van der Waals surface area (Å²) in [5.74, 6) is -0.420. The molecular formula is C13H17F3O2. The second-order valence-electron chi connectivity index (χ2n) is 4.51. The van der Waals surface area contributed by atoms with Crippen LogP contribution in [0.15, 0.2) is 24.3 Å². The number of ether oxygens (including phenoxy) is 1. The highest BCUT2D eigenvalue weighted by Gasteiger charge is 2.34. The van der Waals surface area contributed by atoms with Gasteiger partial charge in [-0.1, -0.05) is 32.9 Å². The number of hydrogen-bond donors (Lipinski definition) is 1. The standard InChI is InChI=1S/C13H17F3O2/c1-4-12(17,9(2)3)10-6-5-7-11(8-10)18-13(14,15)16/h5-9,17H,4H2,1-3H3. The summed E-state index contributed by atoms with van der Waals surface area (Å²) in [6.07, 6.45) is -4.30. The van der Waals surface area contributed by atoms with Crippen LogP contribution in [-0.2, 0) is 5.60 Å². The Hall–Kier alpha value is -1.23. The first-order chi connectivity index (χ1) is 8.19. The smallest absolute Gasteiger partial charge is 0.406 e. The van der Waals surface area contributed by atoms with E-state index in [-0.39, 0.29) is 11.7 Å². The number of hydrogen-bond acceptors (Lipinski definition) is 2. The van der Waals surface area contributed by atoms with Crippen molar-refractivity contribution in [1.29, 1.82) is 0 Å². The lowest BCUT2D eigenvalue weighted by molar-refractivity contribution is -0.274. The Morgan fingerprint density at radius 1 is 1.28 bits per heavy atom. The molecule has 102 valence electrons. The lowest BCUT2D eigenvalue weighted by Crippen LogP contribution is -2.31. The van der Waals surface area contributed by atoms with E-state index in [0.29, 0.717) is 12.0 Å². The second-order valence-corrected chi connectivity index (χ2v) is 4.51. The molecule has 1 aromatic rings. The van der Waals surface area contributed by atoms with Gasteiger partial charge in [0.1, 0.15) is 5.75 Å². The number of halogens is 3. The van der Waals surface area contributed by atoms with E-state index in [1.807, 2.05) is 13.8 Å². The minimum Gasteiger partial charge on any atom is -0.406 e. The molecule has 0 spiro atoms. The summed E-state index contributed by atoms with van der Waals surface area (Å²) in [5, 5.41) is 10.5. The number of rotatable bonds is 4. The van der Waals surface area contributed by atoms with Gasteiger partial charge >= 0.3 is 6.36 Å². The van der Waals surface area contributed by atoms with E-state index in [2.05, 4.69) is 4.74 Å². The van der Waals surface area contributed by atoms with Crippen molar-refractivity contribution in [3.8, 4) is 5.75 Å². The summed E-state index contributed by atoms with van der Waals surface area (Å²) in [5.41, 5.74) is -0.716. The Morgan fingerprint density at radius 2 is 1.89 bits per heavy atom. The van der Waals surface area contributed by atoms with E-state index < -0.39 is 12.0 Å². The van der Waals surface area contributed by atoms with Crippen molar-refractivity contribution in [1.82, 2.24) is 0 Å². The number of alkyl halides is 3. The van der Waals surface area contributed by atoms with Gasteiger partial charge in [0, 0.05) is 0 Å². The molecule has 2 nitrogen and oxygen atoms in total. The molecule has 0 bridgehead atoms. The second kappa shape index (κ2) is 5.18. The van der Waals surface area contributed by atoms with Crippen LogP contribution in [0.5, 0.6) is 5.75 Å². The molecule has 0 aliphatic rings. The van der Waals surface area contributed by atoms with Gasteiger partial charge in [0.05, 0.1) is 5.60 Å². The normalized spacial score (nSPS) is 15.6. The van der Waals surface area contributed by atoms with Gasteiger partial charge in [-0.2, -0.15) is 0 Å². The third-order valence-electron chi connectivity index (χ3n) is 3.06. The van der Waals surface area contributed by atoms with Gasteiger partial charge in [-0.05, 0) is 30.0 Å². The quantitative estimate of drug-likeness (QED) is 0.893.